The smallest absolute Gasteiger partial charge is 0.341 e. The largest absolute Gasteiger partial charge is 0.493 e. The molecule has 3 rings (SSSR count). The Bertz CT molecular complexity index is 1080. The van der Waals surface area contributed by atoms with Crippen molar-refractivity contribution < 1.29 is 24.2 Å². The molecule has 0 atom stereocenters. The average molecular weight is 472 g/mol. The van der Waals surface area contributed by atoms with Crippen LogP contribution >= 0.6 is 15.9 Å². The summed E-state index contributed by atoms with van der Waals surface area (Å²) in [5, 5.41) is 12.8. The number of carboxylic acids is 1. The van der Waals surface area contributed by atoms with E-state index in [-0.39, 0.29) is 11.7 Å². The Morgan fingerprint density at radius 2 is 1.93 bits per heavy atom. The molecule has 2 N–H and O–H groups in total. The molecule has 0 bridgehead atoms. The number of nitrogens with zero attached hydrogens (tertiary/aromatic N) is 2. The number of ether oxygens (including phenoxy) is 2. The number of carbonyl (C=O) groups excluding carboxylic acids is 1. The first-order chi connectivity index (χ1) is 14.5. The Morgan fingerprint density at radius 1 is 1.20 bits per heavy atom. The van der Waals surface area contributed by atoms with Crippen molar-refractivity contribution in [3.05, 3.63) is 76.5 Å². The lowest BCUT2D eigenvalue weighted by molar-refractivity contribution is -0.139. The summed E-state index contributed by atoms with van der Waals surface area (Å²) in [6, 6.07) is 14.2. The maximum absolute atomic E-state index is 12.6. The number of hydrogen-bond acceptors (Lipinski definition) is 5. The van der Waals surface area contributed by atoms with E-state index in [1.54, 1.807) is 24.3 Å². The number of nitrogens with one attached hydrogen (secondary N) is 1. The van der Waals surface area contributed by atoms with Crippen molar-refractivity contribution in [1.29, 1.82) is 0 Å². The summed E-state index contributed by atoms with van der Waals surface area (Å²) in [4.78, 5) is 23.3. The van der Waals surface area contributed by atoms with Crippen molar-refractivity contribution in [2.45, 2.75) is 0 Å². The van der Waals surface area contributed by atoms with Crippen LogP contribution in [0.15, 0.2) is 70.5 Å². The van der Waals surface area contributed by atoms with Crippen LogP contribution in [0.1, 0.15) is 15.9 Å². The minimum absolute atomic E-state index is 0.265. The van der Waals surface area contributed by atoms with E-state index in [9.17, 15) is 9.59 Å². The van der Waals surface area contributed by atoms with Gasteiger partial charge in [-0.3, -0.25) is 4.79 Å². The quantitative estimate of drug-likeness (QED) is 0.386. The molecular weight excluding hydrogens is 454 g/mol. The second-order valence-corrected chi connectivity index (χ2v) is 6.88. The van der Waals surface area contributed by atoms with Crippen LogP contribution in [0.25, 0.3) is 5.69 Å². The standard InChI is InChI=1S/C21H18BrN3O5/c1-29-18-11-14(10-16(22)20(18)30-13-19(26)27)12-23-24-21(28)15-6-2-3-7-17(15)25-8-4-5-9-25/h2-12H,13H2,1H3,(H,24,28)(H,26,27)/b23-12-. The Balaban J connectivity index is 1.75. The number of carbonyl (C=O) groups is 2. The minimum Gasteiger partial charge on any atom is -0.493 e. The Hall–Kier alpha value is -3.59. The summed E-state index contributed by atoms with van der Waals surface area (Å²) in [6.07, 6.45) is 5.16. The van der Waals surface area contributed by atoms with E-state index >= 15 is 0 Å². The third-order valence-corrected chi connectivity index (χ3v) is 4.59. The summed E-state index contributed by atoms with van der Waals surface area (Å²) in [5.74, 6) is -0.862. The van der Waals surface area contributed by atoms with Crippen LogP contribution < -0.4 is 14.9 Å². The predicted molar refractivity (Wildman–Crippen MR) is 115 cm³/mol. The van der Waals surface area contributed by atoms with Crippen LogP contribution in [-0.2, 0) is 4.79 Å². The highest BCUT2D eigenvalue weighted by atomic mass is 79.9. The van der Waals surface area contributed by atoms with Crippen LogP contribution in [0, 0.1) is 0 Å². The van der Waals surface area contributed by atoms with Gasteiger partial charge in [-0.1, -0.05) is 12.1 Å². The summed E-state index contributed by atoms with van der Waals surface area (Å²) >= 11 is 3.33. The van der Waals surface area contributed by atoms with Crippen molar-refractivity contribution in [2.24, 2.45) is 5.10 Å². The number of amides is 1. The van der Waals surface area contributed by atoms with Crippen LogP contribution in [0.3, 0.4) is 0 Å². The van der Waals surface area contributed by atoms with Gasteiger partial charge in [0.1, 0.15) is 0 Å². The first-order valence-electron chi connectivity index (χ1n) is 8.77. The van der Waals surface area contributed by atoms with E-state index < -0.39 is 12.6 Å². The molecule has 0 spiro atoms. The highest BCUT2D eigenvalue weighted by Gasteiger charge is 2.13. The van der Waals surface area contributed by atoms with E-state index in [0.29, 0.717) is 21.3 Å². The highest BCUT2D eigenvalue weighted by Crippen LogP contribution is 2.36. The number of methoxy groups -OCH3 is 1. The molecule has 9 heteroatoms. The van der Waals surface area contributed by atoms with Crippen molar-refractivity contribution in [2.75, 3.05) is 13.7 Å². The second kappa shape index (κ2) is 9.75. The first-order valence-corrected chi connectivity index (χ1v) is 9.57. The Kier molecular flexibility index (Phi) is 6.87. The number of aromatic nitrogens is 1. The van der Waals surface area contributed by atoms with Gasteiger partial charge in [-0.15, -0.1) is 0 Å². The lowest BCUT2D eigenvalue weighted by Gasteiger charge is -2.12. The van der Waals surface area contributed by atoms with Gasteiger partial charge in [0.25, 0.3) is 5.91 Å². The maximum Gasteiger partial charge on any atom is 0.341 e. The van der Waals surface area contributed by atoms with Gasteiger partial charge in [-0.25, -0.2) is 10.2 Å². The summed E-state index contributed by atoms with van der Waals surface area (Å²) in [7, 11) is 1.44. The SMILES string of the molecule is COc1cc(/C=N\NC(=O)c2ccccc2-n2cccc2)cc(Br)c1OCC(=O)O. The van der Waals surface area contributed by atoms with Crippen molar-refractivity contribution in [1.82, 2.24) is 9.99 Å². The molecule has 0 saturated carbocycles. The number of aliphatic carboxylic acids is 1. The number of hydrogen-bond donors (Lipinski definition) is 2. The van der Waals surface area contributed by atoms with E-state index in [1.807, 2.05) is 41.2 Å². The van der Waals surface area contributed by atoms with Gasteiger partial charge in [0.15, 0.2) is 18.1 Å². The molecular formula is C21H18BrN3O5. The topological polar surface area (TPSA) is 102 Å². The number of hydrazone groups is 1. The minimum atomic E-state index is -1.10. The van der Waals surface area contributed by atoms with Gasteiger partial charge in [-0.05, 0) is 57.9 Å². The third kappa shape index (κ3) is 5.06. The molecule has 0 fully saturated rings. The molecule has 0 aliphatic heterocycles. The average Bonchev–Trinajstić information content (AvgIpc) is 3.27. The van der Waals surface area contributed by atoms with E-state index in [0.717, 1.165) is 5.69 Å². The lowest BCUT2D eigenvalue weighted by Crippen LogP contribution is -2.19. The molecule has 2 aromatic carbocycles. The van der Waals surface area contributed by atoms with Crippen LogP contribution in [0.5, 0.6) is 11.5 Å². The van der Waals surface area contributed by atoms with Gasteiger partial charge < -0.3 is 19.1 Å². The second-order valence-electron chi connectivity index (χ2n) is 6.02. The normalized spacial score (nSPS) is 10.7. The fourth-order valence-corrected chi connectivity index (χ4v) is 3.27. The first kappa shape index (κ1) is 21.1. The van der Waals surface area contributed by atoms with Gasteiger partial charge in [0, 0.05) is 12.4 Å². The zero-order chi connectivity index (χ0) is 21.5. The van der Waals surface area contributed by atoms with E-state index in [1.165, 1.54) is 13.3 Å². The van der Waals surface area contributed by atoms with E-state index in [2.05, 4.69) is 26.5 Å². The molecule has 0 unspecified atom stereocenters. The lowest BCUT2D eigenvalue weighted by atomic mass is 10.1. The highest BCUT2D eigenvalue weighted by molar-refractivity contribution is 9.10. The number of benzene rings is 2. The van der Waals surface area contributed by atoms with Crippen molar-refractivity contribution in [3.8, 4) is 17.2 Å². The number of carboxylic acid groups (broad SMARTS) is 1. The molecule has 0 aliphatic carbocycles. The zero-order valence-electron chi connectivity index (χ0n) is 15.9. The number of para-hydroxylation sites is 1. The van der Waals surface area contributed by atoms with Gasteiger partial charge in [0.05, 0.1) is 29.0 Å². The van der Waals surface area contributed by atoms with Gasteiger partial charge in [0.2, 0.25) is 0 Å². The maximum atomic E-state index is 12.6. The monoisotopic (exact) mass is 471 g/mol. The summed E-state index contributed by atoms with van der Waals surface area (Å²) in [5.41, 5.74) is 4.33. The molecule has 3 aromatic rings. The van der Waals surface area contributed by atoms with E-state index in [4.69, 9.17) is 14.6 Å². The van der Waals surface area contributed by atoms with Crippen LogP contribution in [-0.4, -0.2) is 41.5 Å². The van der Waals surface area contributed by atoms with Crippen molar-refractivity contribution >= 4 is 34.0 Å². The molecule has 154 valence electrons. The number of rotatable bonds is 8. The molecule has 8 nitrogen and oxygen atoms in total. The van der Waals surface area contributed by atoms with Crippen LogP contribution in [0.4, 0.5) is 0 Å². The molecule has 1 amide bonds. The summed E-state index contributed by atoms with van der Waals surface area (Å²) < 4.78 is 12.8. The molecule has 1 heterocycles. The fourth-order valence-electron chi connectivity index (χ4n) is 2.70. The molecule has 0 aliphatic rings. The molecule has 0 saturated heterocycles. The summed E-state index contributed by atoms with van der Waals surface area (Å²) in [6.45, 7) is -0.501. The molecule has 30 heavy (non-hydrogen) atoms. The Morgan fingerprint density at radius 3 is 2.63 bits per heavy atom. The molecule has 0 radical (unpaired) electrons. The van der Waals surface area contributed by atoms with Gasteiger partial charge >= 0.3 is 5.97 Å². The fraction of sp³-hybridized carbons (Fsp3) is 0.0952. The zero-order valence-corrected chi connectivity index (χ0v) is 17.5. The Labute approximate surface area is 180 Å². The molecule has 1 aromatic heterocycles. The van der Waals surface area contributed by atoms with Crippen molar-refractivity contribution in [3.63, 3.8) is 0 Å². The third-order valence-electron chi connectivity index (χ3n) is 4.00. The predicted octanol–water partition coefficient (Wildman–Crippen LogP) is 3.48. The van der Waals surface area contributed by atoms with Crippen LogP contribution in [0.2, 0.25) is 0 Å². The number of halogens is 1. The van der Waals surface area contributed by atoms with Gasteiger partial charge in [-0.2, -0.15) is 5.10 Å².